The summed E-state index contributed by atoms with van der Waals surface area (Å²) in [6.45, 7) is 0.0577. The van der Waals surface area contributed by atoms with Gasteiger partial charge in [0.15, 0.2) is 6.23 Å². The first kappa shape index (κ1) is 17.3. The zero-order valence-electron chi connectivity index (χ0n) is 11.3. The minimum absolute atomic E-state index is 0.259. The summed E-state index contributed by atoms with van der Waals surface area (Å²) in [6.07, 6.45) is -3.91. The fourth-order valence-corrected chi connectivity index (χ4v) is 2.06. The Morgan fingerprint density at radius 1 is 1.10 bits per heavy atom. The number of nitrogens with two attached hydrogens (primary N) is 1. The lowest BCUT2D eigenvalue weighted by Crippen LogP contribution is -2.63. The molecule has 1 rings (SSSR count). The van der Waals surface area contributed by atoms with Crippen LogP contribution >= 0.6 is 0 Å². The Hall–Kier alpha value is -0.770. The largest absolute Gasteiger partial charge is 0.394 e. The number of amides is 1. The summed E-state index contributed by atoms with van der Waals surface area (Å²) < 4.78 is 5.17. The van der Waals surface area contributed by atoms with E-state index in [1.807, 2.05) is 0 Å². The smallest absolute Gasteiger partial charge is 0.222 e. The van der Waals surface area contributed by atoms with Crippen LogP contribution in [0.1, 0.15) is 25.7 Å². The van der Waals surface area contributed by atoms with Gasteiger partial charge in [-0.1, -0.05) is 6.42 Å². The van der Waals surface area contributed by atoms with Crippen molar-refractivity contribution in [3.05, 3.63) is 0 Å². The quantitative estimate of drug-likeness (QED) is 0.283. The highest BCUT2D eigenvalue weighted by Crippen LogP contribution is 2.19. The van der Waals surface area contributed by atoms with E-state index in [2.05, 4.69) is 5.32 Å². The van der Waals surface area contributed by atoms with E-state index in [1.54, 1.807) is 0 Å². The summed E-state index contributed by atoms with van der Waals surface area (Å²) in [5.41, 5.74) is 5.34. The Morgan fingerprint density at radius 2 is 1.80 bits per heavy atom. The maximum absolute atomic E-state index is 11.7. The Kier molecular flexibility index (Phi) is 7.35. The second-order valence-corrected chi connectivity index (χ2v) is 4.92. The number of nitrogens with one attached hydrogen (secondary N) is 1. The predicted molar refractivity (Wildman–Crippen MR) is 69.4 cm³/mol. The summed E-state index contributed by atoms with van der Waals surface area (Å²) in [7, 11) is 0. The molecule has 3 unspecified atom stereocenters. The van der Waals surface area contributed by atoms with Gasteiger partial charge in [0.2, 0.25) is 5.91 Å². The maximum atomic E-state index is 11.7. The Morgan fingerprint density at radius 3 is 2.40 bits per heavy atom. The molecule has 7 N–H and O–H groups in total. The number of aliphatic hydroxyl groups is 4. The third-order valence-corrected chi connectivity index (χ3v) is 3.30. The number of rotatable bonds is 7. The summed E-state index contributed by atoms with van der Waals surface area (Å²) in [6, 6.07) is 0. The molecule has 0 aromatic heterocycles. The first-order chi connectivity index (χ1) is 9.51. The van der Waals surface area contributed by atoms with Gasteiger partial charge in [-0.05, 0) is 19.4 Å². The van der Waals surface area contributed by atoms with E-state index in [9.17, 15) is 20.1 Å². The molecule has 8 nitrogen and oxygen atoms in total. The number of carbonyl (C=O) groups excluding carboxylic acids is 1. The van der Waals surface area contributed by atoms with E-state index in [1.165, 1.54) is 0 Å². The van der Waals surface area contributed by atoms with Crippen LogP contribution < -0.4 is 11.1 Å². The SMILES string of the molecule is NCCCCCC(=O)N[C@@H]1OC(CO)[C@H](O)C(O)C1O. The summed E-state index contributed by atoms with van der Waals surface area (Å²) in [4.78, 5) is 11.7. The number of hydrogen-bond acceptors (Lipinski definition) is 7. The summed E-state index contributed by atoms with van der Waals surface area (Å²) in [5.74, 6) is -0.327. The molecule has 1 aliphatic heterocycles. The third-order valence-electron chi connectivity index (χ3n) is 3.30. The van der Waals surface area contributed by atoms with Crippen LogP contribution in [0.25, 0.3) is 0 Å². The molecule has 1 aliphatic rings. The molecule has 0 bridgehead atoms. The van der Waals surface area contributed by atoms with Gasteiger partial charge in [-0.3, -0.25) is 4.79 Å². The topological polar surface area (TPSA) is 145 Å². The van der Waals surface area contributed by atoms with Gasteiger partial charge in [0, 0.05) is 6.42 Å². The van der Waals surface area contributed by atoms with Crippen LogP contribution in [0.3, 0.4) is 0 Å². The molecular formula is C12H24N2O6. The van der Waals surface area contributed by atoms with Gasteiger partial charge in [0.05, 0.1) is 6.61 Å². The van der Waals surface area contributed by atoms with Crippen LogP contribution in [0.5, 0.6) is 0 Å². The minimum atomic E-state index is -1.48. The number of hydrogen-bond donors (Lipinski definition) is 6. The van der Waals surface area contributed by atoms with Crippen molar-refractivity contribution in [1.82, 2.24) is 5.32 Å². The molecule has 8 heteroatoms. The van der Waals surface area contributed by atoms with Crippen LogP contribution in [0.2, 0.25) is 0 Å². The highest BCUT2D eigenvalue weighted by molar-refractivity contribution is 5.76. The highest BCUT2D eigenvalue weighted by atomic mass is 16.6. The van der Waals surface area contributed by atoms with E-state index < -0.39 is 37.3 Å². The molecule has 0 aromatic rings. The van der Waals surface area contributed by atoms with Crippen molar-refractivity contribution in [2.45, 2.75) is 56.3 Å². The lowest BCUT2D eigenvalue weighted by atomic mass is 9.98. The predicted octanol–water partition coefficient (Wildman–Crippen LogP) is -2.58. The van der Waals surface area contributed by atoms with Crippen molar-refractivity contribution in [2.75, 3.05) is 13.2 Å². The van der Waals surface area contributed by atoms with Gasteiger partial charge in [-0.25, -0.2) is 0 Å². The van der Waals surface area contributed by atoms with E-state index in [0.717, 1.165) is 12.8 Å². The maximum Gasteiger partial charge on any atom is 0.222 e. The number of carbonyl (C=O) groups is 1. The first-order valence-electron chi connectivity index (χ1n) is 6.81. The second kappa shape index (κ2) is 8.50. The number of ether oxygens (including phenoxy) is 1. The normalized spacial score (nSPS) is 34.0. The molecule has 0 aromatic carbocycles. The van der Waals surface area contributed by atoms with Crippen LogP contribution in [0.4, 0.5) is 0 Å². The van der Waals surface area contributed by atoms with Crippen molar-refractivity contribution >= 4 is 5.91 Å². The zero-order valence-corrected chi connectivity index (χ0v) is 11.3. The standard InChI is InChI=1S/C12H24N2O6/c13-5-3-1-2-4-8(16)14-12-11(19)10(18)9(17)7(6-15)20-12/h7,9-12,15,17-19H,1-6,13H2,(H,14,16)/t7?,9-,10?,11?,12+/m0/s1. The van der Waals surface area contributed by atoms with Crippen molar-refractivity contribution in [3.63, 3.8) is 0 Å². The molecule has 20 heavy (non-hydrogen) atoms. The van der Waals surface area contributed by atoms with Gasteiger partial charge in [0.1, 0.15) is 24.4 Å². The molecular weight excluding hydrogens is 268 g/mol. The lowest BCUT2D eigenvalue weighted by molar-refractivity contribution is -0.236. The van der Waals surface area contributed by atoms with Crippen LogP contribution in [0, 0.1) is 0 Å². The molecule has 1 saturated heterocycles. The Labute approximate surface area is 117 Å². The molecule has 0 aliphatic carbocycles. The third kappa shape index (κ3) is 4.65. The highest BCUT2D eigenvalue weighted by Gasteiger charge is 2.43. The van der Waals surface area contributed by atoms with Gasteiger partial charge in [-0.2, -0.15) is 0 Å². The molecule has 1 amide bonds. The fourth-order valence-electron chi connectivity index (χ4n) is 2.06. The zero-order chi connectivity index (χ0) is 15.1. The van der Waals surface area contributed by atoms with E-state index in [4.69, 9.17) is 15.6 Å². The molecule has 1 heterocycles. The van der Waals surface area contributed by atoms with Gasteiger partial charge in [-0.15, -0.1) is 0 Å². The lowest BCUT2D eigenvalue weighted by Gasteiger charge is -2.40. The average molecular weight is 292 g/mol. The second-order valence-electron chi connectivity index (χ2n) is 4.92. The summed E-state index contributed by atoms with van der Waals surface area (Å²) >= 11 is 0. The Bertz CT molecular complexity index is 302. The fraction of sp³-hybridized carbons (Fsp3) is 0.917. The van der Waals surface area contributed by atoms with Crippen LogP contribution in [-0.4, -0.2) is 70.1 Å². The Balaban J connectivity index is 2.43. The molecule has 118 valence electrons. The molecule has 0 spiro atoms. The molecule has 0 saturated carbocycles. The average Bonchev–Trinajstić information content (AvgIpc) is 2.44. The molecule has 5 atom stereocenters. The monoisotopic (exact) mass is 292 g/mol. The van der Waals surface area contributed by atoms with Crippen molar-refractivity contribution in [3.8, 4) is 0 Å². The molecule has 1 fully saturated rings. The van der Waals surface area contributed by atoms with Crippen molar-refractivity contribution in [2.24, 2.45) is 5.73 Å². The number of aliphatic hydroxyl groups excluding tert-OH is 4. The van der Waals surface area contributed by atoms with E-state index >= 15 is 0 Å². The van der Waals surface area contributed by atoms with Crippen LogP contribution in [-0.2, 0) is 9.53 Å². The summed E-state index contributed by atoms with van der Waals surface area (Å²) in [5, 5.41) is 40.3. The van der Waals surface area contributed by atoms with Crippen molar-refractivity contribution in [1.29, 1.82) is 0 Å². The molecule has 0 radical (unpaired) electrons. The van der Waals surface area contributed by atoms with E-state index in [0.29, 0.717) is 13.0 Å². The van der Waals surface area contributed by atoms with Gasteiger partial charge >= 0.3 is 0 Å². The first-order valence-corrected chi connectivity index (χ1v) is 6.81. The van der Waals surface area contributed by atoms with Crippen molar-refractivity contribution < 1.29 is 30.0 Å². The van der Waals surface area contributed by atoms with E-state index in [-0.39, 0.29) is 12.3 Å². The van der Waals surface area contributed by atoms with Gasteiger partial charge in [0.25, 0.3) is 0 Å². The van der Waals surface area contributed by atoms with Crippen LogP contribution in [0.15, 0.2) is 0 Å². The number of unbranched alkanes of at least 4 members (excludes halogenated alkanes) is 2. The minimum Gasteiger partial charge on any atom is -0.394 e. The van der Waals surface area contributed by atoms with Gasteiger partial charge < -0.3 is 36.2 Å².